The van der Waals surface area contributed by atoms with Gasteiger partial charge in [0.2, 0.25) is 5.82 Å². The summed E-state index contributed by atoms with van der Waals surface area (Å²) < 4.78 is 66.8. The summed E-state index contributed by atoms with van der Waals surface area (Å²) in [5.41, 5.74) is 1.57. The molecular weight excluding hydrogens is 293 g/mol. The number of rotatable bonds is 4. The molecule has 1 aromatic carbocycles. The van der Waals surface area contributed by atoms with Crippen LogP contribution in [0, 0.1) is 29.1 Å². The fourth-order valence-corrected chi connectivity index (χ4v) is 1.93. The van der Waals surface area contributed by atoms with E-state index >= 15 is 0 Å². The molecule has 2 rings (SSSR count). The number of aromatic nitrogens is 1. The van der Waals surface area contributed by atoms with Gasteiger partial charge in [-0.25, -0.2) is 22.0 Å². The van der Waals surface area contributed by atoms with Gasteiger partial charge >= 0.3 is 0 Å². The van der Waals surface area contributed by atoms with Gasteiger partial charge in [-0.1, -0.05) is 6.07 Å². The van der Waals surface area contributed by atoms with Crippen molar-refractivity contribution in [3.8, 4) is 0 Å². The molecule has 2 aromatic rings. The zero-order valence-electron chi connectivity index (χ0n) is 10.5. The van der Waals surface area contributed by atoms with Gasteiger partial charge in [-0.3, -0.25) is 16.3 Å². The van der Waals surface area contributed by atoms with E-state index < -0.39 is 40.7 Å². The van der Waals surface area contributed by atoms with Crippen LogP contribution < -0.4 is 11.3 Å². The lowest BCUT2D eigenvalue weighted by atomic mass is 9.98. The average Bonchev–Trinajstić information content (AvgIpc) is 2.51. The third-order valence-corrected chi connectivity index (χ3v) is 2.96. The molecule has 0 spiro atoms. The van der Waals surface area contributed by atoms with Gasteiger partial charge in [-0.15, -0.1) is 0 Å². The quantitative estimate of drug-likeness (QED) is 0.300. The van der Waals surface area contributed by atoms with E-state index in [4.69, 9.17) is 5.84 Å². The van der Waals surface area contributed by atoms with Gasteiger partial charge < -0.3 is 0 Å². The van der Waals surface area contributed by atoms with Gasteiger partial charge in [-0.05, 0) is 18.1 Å². The van der Waals surface area contributed by atoms with Gasteiger partial charge in [0.1, 0.15) is 0 Å². The summed E-state index contributed by atoms with van der Waals surface area (Å²) in [6, 6.07) is 1.86. The van der Waals surface area contributed by atoms with Crippen LogP contribution in [0.15, 0.2) is 24.5 Å². The third kappa shape index (κ3) is 2.86. The summed E-state index contributed by atoms with van der Waals surface area (Å²) in [6.45, 7) is 0. The number of nitrogens with zero attached hydrogens (tertiary/aromatic N) is 1. The number of nitrogens with one attached hydrogen (secondary N) is 1. The molecule has 1 unspecified atom stereocenters. The van der Waals surface area contributed by atoms with Gasteiger partial charge in [0.05, 0.1) is 6.04 Å². The molecule has 3 N–H and O–H groups in total. The summed E-state index contributed by atoms with van der Waals surface area (Å²) in [5.74, 6) is -4.83. The van der Waals surface area contributed by atoms with Crippen molar-refractivity contribution in [1.82, 2.24) is 10.4 Å². The molecule has 0 amide bonds. The Bertz CT molecular complexity index is 619. The van der Waals surface area contributed by atoms with E-state index in [1.165, 1.54) is 12.4 Å². The van der Waals surface area contributed by atoms with Crippen LogP contribution in [0.1, 0.15) is 17.2 Å². The second-order valence-corrected chi connectivity index (χ2v) is 4.27. The van der Waals surface area contributed by atoms with Gasteiger partial charge in [0, 0.05) is 18.0 Å². The number of nitrogens with two attached hydrogens (primary N) is 1. The highest BCUT2D eigenvalue weighted by atomic mass is 19.2. The predicted octanol–water partition coefficient (Wildman–Crippen LogP) is 2.52. The van der Waals surface area contributed by atoms with Crippen LogP contribution in [0.3, 0.4) is 0 Å². The van der Waals surface area contributed by atoms with Crippen molar-refractivity contribution in [3.63, 3.8) is 0 Å². The summed E-state index contributed by atoms with van der Waals surface area (Å²) in [5, 5.41) is 0. The Balaban J connectivity index is 2.48. The summed E-state index contributed by atoms with van der Waals surface area (Å²) in [6.07, 6.45) is 2.78. The average molecular weight is 303 g/mol. The fraction of sp³-hybridized carbons (Fsp3) is 0.154. The summed E-state index contributed by atoms with van der Waals surface area (Å²) in [7, 11) is 0. The smallest absolute Gasteiger partial charge is 0.200 e. The third-order valence-electron chi connectivity index (χ3n) is 2.96. The lowest BCUT2D eigenvalue weighted by Crippen LogP contribution is -2.32. The Morgan fingerprint density at radius 3 is 2.05 bits per heavy atom. The molecule has 0 aliphatic carbocycles. The largest absolute Gasteiger partial charge is 0.271 e. The highest BCUT2D eigenvalue weighted by Gasteiger charge is 2.30. The molecule has 0 fully saturated rings. The van der Waals surface area contributed by atoms with E-state index in [1.54, 1.807) is 12.1 Å². The van der Waals surface area contributed by atoms with Crippen molar-refractivity contribution in [2.75, 3.05) is 0 Å². The van der Waals surface area contributed by atoms with E-state index in [-0.39, 0.29) is 6.42 Å². The maximum atomic E-state index is 13.7. The molecule has 0 aliphatic heterocycles. The number of hydrazine groups is 1. The standard InChI is InChI=1S/C13H10F5N3/c14-9-8(10(15)12(17)13(18)11(9)16)7(21-19)4-6-2-1-3-20-5-6/h1-3,5,7,21H,4,19H2. The van der Waals surface area contributed by atoms with Gasteiger partial charge in [0.25, 0.3) is 0 Å². The molecule has 1 heterocycles. The van der Waals surface area contributed by atoms with Crippen LogP contribution in [0.25, 0.3) is 0 Å². The minimum atomic E-state index is -2.20. The minimum Gasteiger partial charge on any atom is -0.271 e. The molecule has 21 heavy (non-hydrogen) atoms. The van der Waals surface area contributed by atoms with Crippen molar-refractivity contribution in [2.45, 2.75) is 12.5 Å². The Morgan fingerprint density at radius 2 is 1.57 bits per heavy atom. The topological polar surface area (TPSA) is 50.9 Å². The predicted molar refractivity (Wildman–Crippen MR) is 64.2 cm³/mol. The lowest BCUT2D eigenvalue weighted by molar-refractivity contribution is 0.356. The van der Waals surface area contributed by atoms with Crippen molar-refractivity contribution in [3.05, 3.63) is 64.7 Å². The SMILES string of the molecule is NNC(Cc1cccnc1)c1c(F)c(F)c(F)c(F)c1F. The van der Waals surface area contributed by atoms with Gasteiger partial charge in [-0.2, -0.15) is 0 Å². The highest BCUT2D eigenvalue weighted by Crippen LogP contribution is 2.29. The maximum absolute atomic E-state index is 13.7. The Morgan fingerprint density at radius 1 is 1.00 bits per heavy atom. The molecule has 3 nitrogen and oxygen atoms in total. The van der Waals surface area contributed by atoms with E-state index in [0.717, 1.165) is 0 Å². The number of hydrogen-bond acceptors (Lipinski definition) is 3. The Hall–Kier alpha value is -2.06. The molecule has 1 aromatic heterocycles. The molecule has 0 bridgehead atoms. The van der Waals surface area contributed by atoms with Crippen molar-refractivity contribution < 1.29 is 22.0 Å². The second kappa shape index (κ2) is 6.15. The van der Waals surface area contributed by atoms with Crippen molar-refractivity contribution >= 4 is 0 Å². The minimum absolute atomic E-state index is 0.0946. The molecule has 0 aliphatic rings. The first-order valence-electron chi connectivity index (χ1n) is 5.83. The number of halogens is 5. The molecule has 112 valence electrons. The van der Waals surface area contributed by atoms with Crippen LogP contribution in [0.5, 0.6) is 0 Å². The number of benzene rings is 1. The summed E-state index contributed by atoms with van der Waals surface area (Å²) in [4.78, 5) is 3.80. The fourth-order valence-electron chi connectivity index (χ4n) is 1.93. The van der Waals surface area contributed by atoms with E-state index in [9.17, 15) is 22.0 Å². The molecule has 0 saturated carbocycles. The van der Waals surface area contributed by atoms with E-state index in [1.807, 2.05) is 0 Å². The normalized spacial score (nSPS) is 12.5. The van der Waals surface area contributed by atoms with E-state index in [2.05, 4.69) is 10.4 Å². The van der Waals surface area contributed by atoms with Gasteiger partial charge in [0.15, 0.2) is 23.3 Å². The first kappa shape index (κ1) is 15.3. The molecule has 1 atom stereocenters. The van der Waals surface area contributed by atoms with Crippen LogP contribution in [0.4, 0.5) is 22.0 Å². The maximum Gasteiger partial charge on any atom is 0.200 e. The first-order chi connectivity index (χ1) is 9.97. The number of hydrogen-bond donors (Lipinski definition) is 2. The van der Waals surface area contributed by atoms with Crippen LogP contribution >= 0.6 is 0 Å². The van der Waals surface area contributed by atoms with Crippen LogP contribution in [-0.4, -0.2) is 4.98 Å². The van der Waals surface area contributed by atoms with Crippen molar-refractivity contribution in [1.29, 1.82) is 0 Å². The Labute approximate surface area is 116 Å². The van der Waals surface area contributed by atoms with Crippen LogP contribution in [-0.2, 0) is 6.42 Å². The second-order valence-electron chi connectivity index (χ2n) is 4.27. The zero-order chi connectivity index (χ0) is 15.6. The molecule has 0 saturated heterocycles. The molecule has 8 heteroatoms. The zero-order valence-corrected chi connectivity index (χ0v) is 10.5. The van der Waals surface area contributed by atoms with Crippen molar-refractivity contribution in [2.24, 2.45) is 5.84 Å². The van der Waals surface area contributed by atoms with Crippen LogP contribution in [0.2, 0.25) is 0 Å². The Kier molecular flexibility index (Phi) is 4.49. The first-order valence-corrected chi connectivity index (χ1v) is 5.83. The lowest BCUT2D eigenvalue weighted by Gasteiger charge is -2.18. The van der Waals surface area contributed by atoms with E-state index in [0.29, 0.717) is 5.56 Å². The monoisotopic (exact) mass is 303 g/mol. The summed E-state index contributed by atoms with van der Waals surface area (Å²) >= 11 is 0. The number of pyridine rings is 1. The highest BCUT2D eigenvalue weighted by molar-refractivity contribution is 5.28. The molecular formula is C13H10F5N3. The molecule has 0 radical (unpaired) electrons.